The van der Waals surface area contributed by atoms with E-state index in [0.717, 1.165) is 9.35 Å². The first kappa shape index (κ1) is 14.4. The van der Waals surface area contributed by atoms with E-state index in [9.17, 15) is 9.18 Å². The number of halogens is 2. The van der Waals surface area contributed by atoms with Crippen LogP contribution in [0.15, 0.2) is 45.8 Å². The topological polar surface area (TPSA) is 52.9 Å². The van der Waals surface area contributed by atoms with Crippen molar-refractivity contribution in [2.45, 2.75) is 0 Å². The number of anilines is 1. The number of amides is 1. The Hall–Kier alpha value is -1.97. The Bertz CT molecular complexity index is 718. The van der Waals surface area contributed by atoms with E-state index in [1.54, 1.807) is 12.1 Å². The Morgan fingerprint density at radius 1 is 1.45 bits per heavy atom. The molecule has 1 N–H and O–H groups in total. The summed E-state index contributed by atoms with van der Waals surface area (Å²) in [5.74, 6) is -1.18. The van der Waals surface area contributed by atoms with Crippen molar-refractivity contribution in [2.24, 2.45) is 0 Å². The Morgan fingerprint density at radius 2 is 2.20 bits per heavy atom. The molecule has 0 saturated heterocycles. The summed E-state index contributed by atoms with van der Waals surface area (Å²) in [6, 6.07) is 9.40. The predicted octanol–water partition coefficient (Wildman–Crippen LogP) is 4.20. The van der Waals surface area contributed by atoms with Crippen LogP contribution >= 0.6 is 27.3 Å². The molecule has 0 aliphatic heterocycles. The molecule has 0 bridgehead atoms. The molecule has 0 aliphatic carbocycles. The normalized spacial score (nSPS) is 10.9. The second-order valence-corrected chi connectivity index (χ2v) is 5.63. The highest BCUT2D eigenvalue weighted by Crippen LogP contribution is 2.22. The fourth-order valence-corrected chi connectivity index (χ4v) is 2.82. The molecule has 0 fully saturated rings. The van der Waals surface area contributed by atoms with E-state index >= 15 is 0 Å². The number of carbonyl (C=O) groups excluding carboxylic acids is 1. The number of carbonyl (C=O) groups is 1. The van der Waals surface area contributed by atoms with Gasteiger partial charge in [-0.15, -0.1) is 11.3 Å². The van der Waals surface area contributed by atoms with Gasteiger partial charge in [-0.1, -0.05) is 12.1 Å². The standard InChI is InChI=1S/C14H8BrFN2OS/c15-10-6-11(20-8-10)5-9(7-17)14(19)18-13-4-2-1-3-12(13)16/h1-6,8H,(H,18,19)/b9-5+. The van der Waals surface area contributed by atoms with Crippen LogP contribution in [-0.2, 0) is 4.79 Å². The number of nitrogens with one attached hydrogen (secondary N) is 1. The highest BCUT2D eigenvalue weighted by atomic mass is 79.9. The number of nitriles is 1. The molecular formula is C14H8BrFN2OS. The highest BCUT2D eigenvalue weighted by Gasteiger charge is 2.12. The number of rotatable bonds is 3. The van der Waals surface area contributed by atoms with Crippen molar-refractivity contribution in [2.75, 3.05) is 5.32 Å². The van der Waals surface area contributed by atoms with Gasteiger partial charge in [-0.05, 0) is 40.2 Å². The maximum atomic E-state index is 13.4. The molecule has 1 aromatic carbocycles. The summed E-state index contributed by atoms with van der Waals surface area (Å²) in [6.07, 6.45) is 1.46. The maximum Gasteiger partial charge on any atom is 0.266 e. The van der Waals surface area contributed by atoms with Crippen molar-refractivity contribution in [3.63, 3.8) is 0 Å². The summed E-state index contributed by atoms with van der Waals surface area (Å²) in [4.78, 5) is 12.7. The van der Waals surface area contributed by atoms with Gasteiger partial charge in [0.1, 0.15) is 17.5 Å². The molecule has 0 spiro atoms. The lowest BCUT2D eigenvalue weighted by molar-refractivity contribution is -0.112. The van der Waals surface area contributed by atoms with Gasteiger partial charge < -0.3 is 5.32 Å². The molecule has 0 aliphatic rings. The fourth-order valence-electron chi connectivity index (χ4n) is 1.45. The molecule has 1 amide bonds. The van der Waals surface area contributed by atoms with Gasteiger partial charge in [0.2, 0.25) is 0 Å². The first-order valence-electron chi connectivity index (χ1n) is 5.52. The van der Waals surface area contributed by atoms with Crippen LogP contribution in [0.1, 0.15) is 4.88 Å². The van der Waals surface area contributed by atoms with Gasteiger partial charge in [-0.3, -0.25) is 4.79 Å². The lowest BCUT2D eigenvalue weighted by Crippen LogP contribution is -2.14. The van der Waals surface area contributed by atoms with Gasteiger partial charge in [-0.2, -0.15) is 5.26 Å². The summed E-state index contributed by atoms with van der Waals surface area (Å²) in [6.45, 7) is 0. The first-order chi connectivity index (χ1) is 9.60. The van der Waals surface area contributed by atoms with E-state index in [-0.39, 0.29) is 11.3 Å². The third kappa shape index (κ3) is 3.53. The number of nitrogens with zero attached hydrogens (tertiary/aromatic N) is 1. The Morgan fingerprint density at radius 3 is 2.80 bits per heavy atom. The van der Waals surface area contributed by atoms with Gasteiger partial charge in [0.15, 0.2) is 0 Å². The Balaban J connectivity index is 2.21. The van der Waals surface area contributed by atoms with Crippen LogP contribution in [0, 0.1) is 17.1 Å². The zero-order chi connectivity index (χ0) is 14.5. The van der Waals surface area contributed by atoms with Gasteiger partial charge >= 0.3 is 0 Å². The molecular weight excluding hydrogens is 343 g/mol. The van der Waals surface area contributed by atoms with Crippen LogP contribution in [0.5, 0.6) is 0 Å². The minimum absolute atomic E-state index is 0.0472. The molecule has 2 rings (SSSR count). The van der Waals surface area contributed by atoms with E-state index in [1.165, 1.54) is 35.6 Å². The molecule has 0 unspecified atom stereocenters. The lowest BCUT2D eigenvalue weighted by Gasteiger charge is -2.04. The quantitative estimate of drug-likeness (QED) is 0.666. The second-order valence-electron chi connectivity index (χ2n) is 3.77. The Labute approximate surface area is 127 Å². The molecule has 2 aromatic rings. The average Bonchev–Trinajstić information content (AvgIpc) is 2.84. The van der Waals surface area contributed by atoms with Crippen LogP contribution in [0.4, 0.5) is 10.1 Å². The van der Waals surface area contributed by atoms with Crippen LogP contribution in [0.2, 0.25) is 0 Å². The van der Waals surface area contributed by atoms with Gasteiger partial charge in [0, 0.05) is 14.7 Å². The SMILES string of the molecule is N#C/C(=C\c1cc(Br)cs1)C(=O)Nc1ccccc1F. The second kappa shape index (κ2) is 6.46. The van der Waals surface area contributed by atoms with Crippen molar-refractivity contribution >= 4 is 44.9 Å². The molecule has 0 atom stereocenters. The maximum absolute atomic E-state index is 13.4. The van der Waals surface area contributed by atoms with E-state index in [2.05, 4.69) is 21.2 Å². The smallest absolute Gasteiger partial charge is 0.266 e. The van der Waals surface area contributed by atoms with Gasteiger partial charge in [0.25, 0.3) is 5.91 Å². The average molecular weight is 351 g/mol. The molecule has 0 radical (unpaired) electrons. The third-order valence-corrected chi connectivity index (χ3v) is 4.00. The Kier molecular flexibility index (Phi) is 4.66. The van der Waals surface area contributed by atoms with Gasteiger partial charge in [-0.25, -0.2) is 4.39 Å². The molecule has 6 heteroatoms. The van der Waals surface area contributed by atoms with Crippen molar-refractivity contribution in [1.82, 2.24) is 0 Å². The number of thiophene rings is 1. The van der Waals surface area contributed by atoms with Crippen molar-refractivity contribution in [3.8, 4) is 6.07 Å². The van der Waals surface area contributed by atoms with E-state index < -0.39 is 11.7 Å². The monoisotopic (exact) mass is 350 g/mol. The number of para-hydroxylation sites is 1. The minimum Gasteiger partial charge on any atom is -0.319 e. The molecule has 1 aromatic heterocycles. The van der Waals surface area contributed by atoms with Crippen molar-refractivity contribution in [1.29, 1.82) is 5.26 Å². The summed E-state index contributed by atoms with van der Waals surface area (Å²) < 4.78 is 14.3. The summed E-state index contributed by atoms with van der Waals surface area (Å²) >= 11 is 4.68. The number of hydrogen-bond acceptors (Lipinski definition) is 3. The number of benzene rings is 1. The molecule has 100 valence electrons. The van der Waals surface area contributed by atoms with Crippen LogP contribution < -0.4 is 5.32 Å². The third-order valence-electron chi connectivity index (χ3n) is 2.36. The molecule has 0 saturated carbocycles. The minimum atomic E-state index is -0.637. The summed E-state index contributed by atoms with van der Waals surface area (Å²) in [7, 11) is 0. The van der Waals surface area contributed by atoms with E-state index in [0.29, 0.717) is 0 Å². The highest BCUT2D eigenvalue weighted by molar-refractivity contribution is 9.10. The van der Waals surface area contributed by atoms with Crippen LogP contribution in [0.3, 0.4) is 0 Å². The van der Waals surface area contributed by atoms with E-state index in [4.69, 9.17) is 5.26 Å². The van der Waals surface area contributed by atoms with Crippen LogP contribution in [0.25, 0.3) is 6.08 Å². The van der Waals surface area contributed by atoms with Gasteiger partial charge in [0.05, 0.1) is 5.69 Å². The molecule has 3 nitrogen and oxygen atoms in total. The fraction of sp³-hybridized carbons (Fsp3) is 0. The largest absolute Gasteiger partial charge is 0.319 e. The summed E-state index contributed by atoms with van der Waals surface area (Å²) in [5.41, 5.74) is -0.0337. The van der Waals surface area contributed by atoms with Crippen molar-refractivity contribution < 1.29 is 9.18 Å². The predicted molar refractivity (Wildman–Crippen MR) is 80.6 cm³/mol. The zero-order valence-corrected chi connectivity index (χ0v) is 12.5. The number of hydrogen-bond donors (Lipinski definition) is 1. The lowest BCUT2D eigenvalue weighted by atomic mass is 10.2. The molecule has 20 heavy (non-hydrogen) atoms. The first-order valence-corrected chi connectivity index (χ1v) is 7.19. The summed E-state index contributed by atoms with van der Waals surface area (Å²) in [5, 5.41) is 13.3. The van der Waals surface area contributed by atoms with Crippen LogP contribution in [-0.4, -0.2) is 5.91 Å². The van der Waals surface area contributed by atoms with E-state index in [1.807, 2.05) is 11.4 Å². The van der Waals surface area contributed by atoms with Crippen molar-refractivity contribution in [3.05, 3.63) is 56.5 Å². The zero-order valence-electron chi connectivity index (χ0n) is 10.1. The molecule has 1 heterocycles.